The van der Waals surface area contributed by atoms with Gasteiger partial charge in [-0.1, -0.05) is 62.2 Å². The topological polar surface area (TPSA) is 29.1 Å². The second-order valence-corrected chi connectivity index (χ2v) is 8.53. The number of hydrogen-bond donors (Lipinski definition) is 1. The first-order chi connectivity index (χ1) is 11.3. The number of anilines is 1. The molecule has 0 aliphatic heterocycles. The van der Waals surface area contributed by atoms with Crippen molar-refractivity contribution in [3.05, 3.63) is 63.0 Å². The fourth-order valence-corrected chi connectivity index (χ4v) is 4.11. The molecule has 0 unspecified atom stereocenters. The zero-order valence-corrected chi connectivity index (χ0v) is 15.9. The molecule has 0 fully saturated rings. The molecule has 2 nitrogen and oxygen atoms in total. The van der Waals surface area contributed by atoms with E-state index in [-0.39, 0.29) is 11.3 Å². The Balaban J connectivity index is 1.86. The predicted molar refractivity (Wildman–Crippen MR) is 105 cm³/mol. The number of thiophene rings is 1. The molecule has 1 amide bonds. The number of halogens is 2. The van der Waals surface area contributed by atoms with Gasteiger partial charge in [-0.05, 0) is 35.2 Å². The van der Waals surface area contributed by atoms with Crippen LogP contribution in [0.15, 0.2) is 42.5 Å². The number of amides is 1. The molecule has 124 valence electrons. The molecule has 24 heavy (non-hydrogen) atoms. The first-order valence-corrected chi connectivity index (χ1v) is 9.12. The van der Waals surface area contributed by atoms with Gasteiger partial charge in [0.15, 0.2) is 0 Å². The summed E-state index contributed by atoms with van der Waals surface area (Å²) in [5, 5.41) is 4.85. The van der Waals surface area contributed by atoms with Gasteiger partial charge >= 0.3 is 0 Å². The lowest BCUT2D eigenvalue weighted by Crippen LogP contribution is -2.13. The lowest BCUT2D eigenvalue weighted by Gasteiger charge is -2.19. The van der Waals surface area contributed by atoms with Gasteiger partial charge in [0.05, 0.1) is 5.02 Å². The molecule has 0 saturated heterocycles. The van der Waals surface area contributed by atoms with Crippen LogP contribution in [0.3, 0.4) is 0 Å². The molecule has 1 N–H and O–H groups in total. The van der Waals surface area contributed by atoms with Crippen LogP contribution >= 0.6 is 34.5 Å². The molecule has 0 aliphatic rings. The van der Waals surface area contributed by atoms with Crippen molar-refractivity contribution in [3.63, 3.8) is 0 Å². The van der Waals surface area contributed by atoms with Gasteiger partial charge in [0.2, 0.25) is 0 Å². The minimum Gasteiger partial charge on any atom is -0.321 e. The van der Waals surface area contributed by atoms with E-state index in [0.29, 0.717) is 14.9 Å². The Morgan fingerprint density at radius 1 is 1.04 bits per heavy atom. The molecule has 0 bridgehead atoms. The van der Waals surface area contributed by atoms with Crippen molar-refractivity contribution >= 4 is 56.2 Å². The highest BCUT2D eigenvalue weighted by molar-refractivity contribution is 7.21. The van der Waals surface area contributed by atoms with Crippen molar-refractivity contribution in [2.75, 3.05) is 5.32 Å². The molecule has 0 radical (unpaired) electrons. The van der Waals surface area contributed by atoms with Crippen LogP contribution in [0.25, 0.3) is 10.1 Å². The van der Waals surface area contributed by atoms with Crippen LogP contribution in [0.2, 0.25) is 10.0 Å². The Kier molecular flexibility index (Phi) is 4.60. The number of carbonyl (C=O) groups excluding carboxylic acids is 1. The third-order valence-corrected chi connectivity index (χ3v) is 5.70. The number of fused-ring (bicyclic) bond motifs is 1. The largest absolute Gasteiger partial charge is 0.321 e. The maximum atomic E-state index is 12.6. The fourth-order valence-electron chi connectivity index (χ4n) is 2.43. The summed E-state index contributed by atoms with van der Waals surface area (Å²) in [4.78, 5) is 13.0. The highest BCUT2D eigenvalue weighted by Gasteiger charge is 2.18. The van der Waals surface area contributed by atoms with Gasteiger partial charge in [0, 0.05) is 20.8 Å². The molecule has 5 heteroatoms. The highest BCUT2D eigenvalue weighted by atomic mass is 35.5. The summed E-state index contributed by atoms with van der Waals surface area (Å²) < 4.78 is 0.903. The minimum atomic E-state index is -0.208. The Bertz CT molecular complexity index is 908. The Labute approximate surface area is 155 Å². The first kappa shape index (κ1) is 17.3. The normalized spacial score (nSPS) is 11.7. The summed E-state index contributed by atoms with van der Waals surface area (Å²) in [5.41, 5.74) is 2.05. The van der Waals surface area contributed by atoms with Gasteiger partial charge in [-0.25, -0.2) is 0 Å². The molecule has 1 heterocycles. The predicted octanol–water partition coefficient (Wildman–Crippen LogP) is 6.76. The van der Waals surface area contributed by atoms with Crippen LogP contribution in [0.1, 0.15) is 36.0 Å². The second kappa shape index (κ2) is 6.40. The van der Waals surface area contributed by atoms with E-state index < -0.39 is 0 Å². The van der Waals surface area contributed by atoms with Crippen molar-refractivity contribution in [2.45, 2.75) is 26.2 Å². The van der Waals surface area contributed by atoms with Crippen molar-refractivity contribution in [1.82, 2.24) is 0 Å². The van der Waals surface area contributed by atoms with E-state index in [1.165, 1.54) is 16.9 Å². The van der Waals surface area contributed by atoms with Crippen LogP contribution in [0.5, 0.6) is 0 Å². The average Bonchev–Trinajstić information content (AvgIpc) is 2.83. The number of carbonyl (C=O) groups is 1. The quantitative estimate of drug-likeness (QED) is 0.525. The molecule has 0 aliphatic carbocycles. The van der Waals surface area contributed by atoms with Gasteiger partial charge in [-0.3, -0.25) is 4.79 Å². The lowest BCUT2D eigenvalue weighted by atomic mass is 9.87. The van der Waals surface area contributed by atoms with Gasteiger partial charge < -0.3 is 5.32 Å². The van der Waals surface area contributed by atoms with E-state index in [1.807, 2.05) is 36.4 Å². The summed E-state index contributed by atoms with van der Waals surface area (Å²) in [6.07, 6.45) is 0. The maximum Gasteiger partial charge on any atom is 0.267 e. The lowest BCUT2D eigenvalue weighted by molar-refractivity contribution is 0.103. The van der Waals surface area contributed by atoms with E-state index in [4.69, 9.17) is 23.2 Å². The molecule has 0 saturated carbocycles. The number of rotatable bonds is 2. The third kappa shape index (κ3) is 3.44. The molecular weight excluding hydrogens is 361 g/mol. The Morgan fingerprint density at radius 3 is 2.33 bits per heavy atom. The van der Waals surface area contributed by atoms with E-state index in [9.17, 15) is 4.79 Å². The van der Waals surface area contributed by atoms with Crippen LogP contribution < -0.4 is 5.32 Å². The third-order valence-electron chi connectivity index (χ3n) is 3.81. The molecule has 1 aromatic heterocycles. The van der Waals surface area contributed by atoms with Crippen molar-refractivity contribution < 1.29 is 4.79 Å². The smallest absolute Gasteiger partial charge is 0.267 e. The van der Waals surface area contributed by atoms with Crippen LogP contribution in [-0.2, 0) is 5.41 Å². The molecule has 0 atom stereocenters. The van der Waals surface area contributed by atoms with Gasteiger partial charge in [-0.2, -0.15) is 0 Å². The van der Waals surface area contributed by atoms with E-state index in [1.54, 1.807) is 6.07 Å². The minimum absolute atomic E-state index is 0.0800. The van der Waals surface area contributed by atoms with Crippen molar-refractivity contribution in [2.24, 2.45) is 0 Å². The van der Waals surface area contributed by atoms with E-state index in [2.05, 4.69) is 26.1 Å². The second-order valence-electron chi connectivity index (χ2n) is 6.67. The first-order valence-electron chi connectivity index (χ1n) is 7.55. The number of benzene rings is 2. The monoisotopic (exact) mass is 377 g/mol. The van der Waals surface area contributed by atoms with Crippen LogP contribution in [0.4, 0.5) is 5.69 Å². The van der Waals surface area contributed by atoms with Crippen LogP contribution in [0, 0.1) is 0 Å². The van der Waals surface area contributed by atoms with Gasteiger partial charge in [-0.15, -0.1) is 11.3 Å². The molecule has 2 aromatic carbocycles. The van der Waals surface area contributed by atoms with Crippen molar-refractivity contribution in [1.29, 1.82) is 0 Å². The zero-order valence-electron chi connectivity index (χ0n) is 13.6. The average molecular weight is 378 g/mol. The van der Waals surface area contributed by atoms with E-state index in [0.717, 1.165) is 15.8 Å². The molecular formula is C19H17Cl2NOS. The highest BCUT2D eigenvalue weighted by Crippen LogP contribution is 2.37. The maximum absolute atomic E-state index is 12.6. The fraction of sp³-hybridized carbons (Fsp3) is 0.211. The van der Waals surface area contributed by atoms with Gasteiger partial charge in [0.25, 0.3) is 5.91 Å². The van der Waals surface area contributed by atoms with E-state index >= 15 is 0 Å². The summed E-state index contributed by atoms with van der Waals surface area (Å²) in [6, 6.07) is 13.3. The molecule has 0 spiro atoms. The van der Waals surface area contributed by atoms with Crippen molar-refractivity contribution in [3.8, 4) is 0 Å². The number of hydrogen-bond acceptors (Lipinski definition) is 2. The summed E-state index contributed by atoms with van der Waals surface area (Å²) >= 11 is 13.7. The van der Waals surface area contributed by atoms with Gasteiger partial charge in [0.1, 0.15) is 4.88 Å². The summed E-state index contributed by atoms with van der Waals surface area (Å²) in [7, 11) is 0. The zero-order chi connectivity index (χ0) is 17.5. The molecule has 3 aromatic rings. The Hall–Kier alpha value is -1.55. The number of nitrogens with one attached hydrogen (secondary N) is 1. The SMILES string of the molecule is CC(C)(C)c1ccc(NC(=O)c2sc3cc(Cl)ccc3c2Cl)cc1. The summed E-state index contributed by atoms with van der Waals surface area (Å²) in [6.45, 7) is 6.47. The molecule has 3 rings (SSSR count). The standard InChI is InChI=1S/C19H17Cl2NOS/c1-19(2,3)11-4-7-13(8-5-11)22-18(23)17-16(21)14-9-6-12(20)10-15(14)24-17/h4-10H,1-3H3,(H,22,23). The van der Waals surface area contributed by atoms with Crippen LogP contribution in [-0.4, -0.2) is 5.91 Å². The summed E-state index contributed by atoms with van der Waals surface area (Å²) in [5.74, 6) is -0.208. The Morgan fingerprint density at radius 2 is 1.71 bits per heavy atom.